The van der Waals surface area contributed by atoms with Crippen LogP contribution in [-0.2, 0) is 22.4 Å². The predicted molar refractivity (Wildman–Crippen MR) is 53.8 cm³/mol. The van der Waals surface area contributed by atoms with Gasteiger partial charge in [0.25, 0.3) is 0 Å². The zero-order chi connectivity index (χ0) is 10.8. The van der Waals surface area contributed by atoms with Crippen LogP contribution in [-0.4, -0.2) is 32.9 Å². The fourth-order valence-electron chi connectivity index (χ4n) is 1.18. The molecular weight excluding hydrogens is 216 g/mol. The number of carbonyl (C=O) groups is 1. The zero-order valence-electron chi connectivity index (χ0n) is 8.43. The molecule has 0 bridgehead atoms. The first-order valence-electron chi connectivity index (χ1n) is 4.51. The Balaban J connectivity index is 2.31. The lowest BCUT2D eigenvalue weighted by Gasteiger charge is -1.93. The highest BCUT2D eigenvalue weighted by Crippen LogP contribution is 2.14. The first kappa shape index (κ1) is 10.0. The lowest BCUT2D eigenvalue weighted by molar-refractivity contribution is -0.139. The highest BCUT2D eigenvalue weighted by Gasteiger charge is 2.12. The van der Waals surface area contributed by atoms with E-state index >= 15 is 0 Å². The number of methoxy groups -OCH3 is 1. The third-order valence-corrected chi connectivity index (χ3v) is 2.84. The number of esters is 1. The van der Waals surface area contributed by atoms with Crippen LogP contribution in [0.3, 0.4) is 0 Å². The Kier molecular flexibility index (Phi) is 2.63. The van der Waals surface area contributed by atoms with Crippen LogP contribution in [0.2, 0.25) is 0 Å². The van der Waals surface area contributed by atoms with Gasteiger partial charge in [-0.2, -0.15) is 9.61 Å². The van der Waals surface area contributed by atoms with E-state index in [1.165, 1.54) is 18.4 Å². The molecule has 0 saturated heterocycles. The number of nitrogens with zero attached hydrogens (tertiary/aromatic N) is 4. The van der Waals surface area contributed by atoms with Crippen molar-refractivity contribution in [1.29, 1.82) is 0 Å². The average molecular weight is 226 g/mol. The van der Waals surface area contributed by atoms with Gasteiger partial charge in [0.1, 0.15) is 5.01 Å². The van der Waals surface area contributed by atoms with E-state index in [0.717, 1.165) is 12.2 Å². The molecule has 7 heteroatoms. The van der Waals surface area contributed by atoms with Crippen LogP contribution in [0.1, 0.15) is 17.8 Å². The minimum absolute atomic E-state index is 0.188. The van der Waals surface area contributed by atoms with Gasteiger partial charge in [-0.15, -0.1) is 10.2 Å². The maximum absolute atomic E-state index is 11.0. The molecule has 0 unspecified atom stereocenters. The van der Waals surface area contributed by atoms with Crippen molar-refractivity contribution in [1.82, 2.24) is 19.8 Å². The lowest BCUT2D eigenvalue weighted by Crippen LogP contribution is -2.05. The molecule has 2 heterocycles. The summed E-state index contributed by atoms with van der Waals surface area (Å²) >= 11 is 1.35. The van der Waals surface area contributed by atoms with E-state index in [0.29, 0.717) is 9.97 Å². The molecule has 2 aromatic rings. The largest absolute Gasteiger partial charge is 0.469 e. The molecule has 2 rings (SSSR count). The van der Waals surface area contributed by atoms with E-state index in [1.807, 2.05) is 6.92 Å². The van der Waals surface area contributed by atoms with Crippen molar-refractivity contribution in [3.63, 3.8) is 0 Å². The Morgan fingerprint density at radius 2 is 2.33 bits per heavy atom. The molecule has 0 fully saturated rings. The molecule has 0 spiro atoms. The fourth-order valence-corrected chi connectivity index (χ4v) is 2.02. The van der Waals surface area contributed by atoms with Gasteiger partial charge in [-0.1, -0.05) is 18.3 Å². The van der Waals surface area contributed by atoms with Gasteiger partial charge in [0, 0.05) is 6.42 Å². The average Bonchev–Trinajstić information content (AvgIpc) is 2.76. The standard InChI is InChI=1S/C8H10N4O2S/c1-3-5-9-10-8-12(5)11-6(15-8)4-7(13)14-2/h3-4H2,1-2H3. The summed E-state index contributed by atoms with van der Waals surface area (Å²) in [6.07, 6.45) is 0.955. The summed E-state index contributed by atoms with van der Waals surface area (Å²) < 4.78 is 6.24. The monoisotopic (exact) mass is 226 g/mol. The van der Waals surface area contributed by atoms with Crippen molar-refractivity contribution in [2.45, 2.75) is 19.8 Å². The predicted octanol–water partition coefficient (Wildman–Crippen LogP) is 0.464. The van der Waals surface area contributed by atoms with Crippen molar-refractivity contribution >= 4 is 22.3 Å². The molecular formula is C8H10N4O2S. The van der Waals surface area contributed by atoms with Crippen molar-refractivity contribution in [2.24, 2.45) is 0 Å². The number of rotatable bonds is 3. The van der Waals surface area contributed by atoms with E-state index < -0.39 is 0 Å². The second-order valence-electron chi connectivity index (χ2n) is 2.91. The first-order valence-corrected chi connectivity index (χ1v) is 5.33. The maximum atomic E-state index is 11.0. The van der Waals surface area contributed by atoms with Crippen LogP contribution in [0.4, 0.5) is 0 Å². The van der Waals surface area contributed by atoms with Gasteiger partial charge in [-0.05, 0) is 0 Å². The molecule has 0 aliphatic rings. The minimum atomic E-state index is -0.294. The lowest BCUT2D eigenvalue weighted by atomic mass is 10.5. The molecule has 15 heavy (non-hydrogen) atoms. The van der Waals surface area contributed by atoms with Crippen LogP contribution in [0.25, 0.3) is 4.96 Å². The van der Waals surface area contributed by atoms with E-state index in [-0.39, 0.29) is 12.4 Å². The minimum Gasteiger partial charge on any atom is -0.469 e. The van der Waals surface area contributed by atoms with Gasteiger partial charge in [0.05, 0.1) is 13.5 Å². The summed E-state index contributed by atoms with van der Waals surface area (Å²) in [6.45, 7) is 1.98. The van der Waals surface area contributed by atoms with Crippen LogP contribution in [0, 0.1) is 0 Å². The van der Waals surface area contributed by atoms with E-state index in [1.54, 1.807) is 4.52 Å². The number of carbonyl (C=O) groups excluding carboxylic acids is 1. The van der Waals surface area contributed by atoms with Crippen molar-refractivity contribution in [3.05, 3.63) is 10.8 Å². The van der Waals surface area contributed by atoms with Gasteiger partial charge in [-0.25, -0.2) is 0 Å². The Bertz CT molecular complexity index is 490. The molecule has 0 aliphatic heterocycles. The highest BCUT2D eigenvalue weighted by atomic mass is 32.1. The second kappa shape index (κ2) is 3.93. The summed E-state index contributed by atoms with van der Waals surface area (Å²) in [4.78, 5) is 11.7. The normalized spacial score (nSPS) is 10.8. The van der Waals surface area contributed by atoms with Crippen LogP contribution < -0.4 is 0 Å². The van der Waals surface area contributed by atoms with Crippen molar-refractivity contribution in [3.8, 4) is 0 Å². The third-order valence-electron chi connectivity index (χ3n) is 1.94. The molecule has 2 aromatic heterocycles. The molecule has 0 saturated carbocycles. The van der Waals surface area contributed by atoms with Gasteiger partial charge < -0.3 is 4.74 Å². The topological polar surface area (TPSA) is 69.4 Å². The summed E-state index contributed by atoms with van der Waals surface area (Å²) in [7, 11) is 1.36. The summed E-state index contributed by atoms with van der Waals surface area (Å²) in [5, 5.41) is 12.9. The molecule has 80 valence electrons. The SMILES string of the molecule is CCc1nnc2sc(CC(=O)OC)nn12. The Morgan fingerprint density at radius 3 is 3.00 bits per heavy atom. The van der Waals surface area contributed by atoms with Crippen LogP contribution in [0.15, 0.2) is 0 Å². The van der Waals surface area contributed by atoms with E-state index in [9.17, 15) is 4.79 Å². The van der Waals surface area contributed by atoms with Gasteiger partial charge >= 0.3 is 5.97 Å². The molecule has 0 atom stereocenters. The Hall–Kier alpha value is -1.50. The number of hydrogen-bond donors (Lipinski definition) is 0. The third kappa shape index (κ3) is 1.82. The number of aromatic nitrogens is 4. The molecule has 0 N–H and O–H groups in total. The Labute approximate surface area is 89.9 Å². The number of hydrogen-bond acceptors (Lipinski definition) is 6. The highest BCUT2D eigenvalue weighted by molar-refractivity contribution is 7.16. The van der Waals surface area contributed by atoms with Crippen molar-refractivity contribution in [2.75, 3.05) is 7.11 Å². The van der Waals surface area contributed by atoms with Gasteiger partial charge in [0.15, 0.2) is 5.82 Å². The maximum Gasteiger partial charge on any atom is 0.312 e. The number of aryl methyl sites for hydroxylation is 1. The molecule has 0 amide bonds. The number of fused-ring (bicyclic) bond motifs is 1. The molecule has 0 aromatic carbocycles. The zero-order valence-corrected chi connectivity index (χ0v) is 9.24. The fraction of sp³-hybridized carbons (Fsp3) is 0.500. The molecule has 6 nitrogen and oxygen atoms in total. The van der Waals surface area contributed by atoms with Crippen LogP contribution >= 0.6 is 11.3 Å². The quantitative estimate of drug-likeness (QED) is 0.711. The van der Waals surface area contributed by atoms with E-state index in [4.69, 9.17) is 0 Å². The molecule has 0 aliphatic carbocycles. The Morgan fingerprint density at radius 1 is 1.53 bits per heavy atom. The van der Waals surface area contributed by atoms with Crippen molar-refractivity contribution < 1.29 is 9.53 Å². The summed E-state index contributed by atoms with van der Waals surface area (Å²) in [5.41, 5.74) is 0. The van der Waals surface area contributed by atoms with Crippen LogP contribution in [0.5, 0.6) is 0 Å². The molecule has 0 radical (unpaired) electrons. The van der Waals surface area contributed by atoms with Gasteiger partial charge in [0.2, 0.25) is 4.96 Å². The summed E-state index contributed by atoms with van der Waals surface area (Å²) in [5.74, 6) is 0.510. The van der Waals surface area contributed by atoms with Gasteiger partial charge in [-0.3, -0.25) is 4.79 Å². The number of ether oxygens (including phenoxy) is 1. The summed E-state index contributed by atoms with van der Waals surface area (Å²) in [6, 6.07) is 0. The second-order valence-corrected chi connectivity index (χ2v) is 3.95. The first-order chi connectivity index (χ1) is 7.24. The smallest absolute Gasteiger partial charge is 0.312 e. The van der Waals surface area contributed by atoms with E-state index in [2.05, 4.69) is 20.0 Å².